The summed E-state index contributed by atoms with van der Waals surface area (Å²) in [6.07, 6.45) is 0. The molecule has 1 saturated heterocycles. The summed E-state index contributed by atoms with van der Waals surface area (Å²) in [5, 5.41) is 3.01. The van der Waals surface area contributed by atoms with Crippen LogP contribution in [0, 0.1) is 0 Å². The van der Waals surface area contributed by atoms with Crippen molar-refractivity contribution >= 4 is 15.5 Å². The zero-order chi connectivity index (χ0) is 19.3. The minimum Gasteiger partial charge on any atom is -0.380 e. The van der Waals surface area contributed by atoms with Crippen LogP contribution in [0.5, 0.6) is 0 Å². The van der Waals surface area contributed by atoms with Gasteiger partial charge >= 0.3 is 5.76 Å². The molecule has 0 spiro atoms. The number of ether oxygens (including phenoxy) is 1. The van der Waals surface area contributed by atoms with Gasteiger partial charge in [0.2, 0.25) is 9.84 Å². The zero-order valence-corrected chi connectivity index (χ0v) is 15.6. The molecule has 2 aromatic rings. The maximum Gasteiger partial charge on any atom is 0.341 e. The van der Waals surface area contributed by atoms with Crippen molar-refractivity contribution in [2.24, 2.45) is 0 Å². The molecule has 3 rings (SSSR count). The van der Waals surface area contributed by atoms with E-state index in [1.807, 2.05) is 24.3 Å². The molecule has 1 aliphatic heterocycles. The molecule has 1 fully saturated rings. The number of alkyl halides is 2. The van der Waals surface area contributed by atoms with Crippen molar-refractivity contribution in [1.82, 2.24) is 4.90 Å². The number of nitrogens with one attached hydrogen (secondary N) is 1. The van der Waals surface area contributed by atoms with E-state index in [1.54, 1.807) is 6.07 Å². The van der Waals surface area contributed by atoms with Crippen LogP contribution in [0.15, 0.2) is 53.4 Å². The summed E-state index contributed by atoms with van der Waals surface area (Å²) in [5.74, 6) is -3.45. The van der Waals surface area contributed by atoms with E-state index in [-0.39, 0.29) is 10.6 Å². The summed E-state index contributed by atoms with van der Waals surface area (Å²) < 4.78 is 55.0. The number of morpholine rings is 1. The van der Waals surface area contributed by atoms with E-state index in [0.29, 0.717) is 19.8 Å². The van der Waals surface area contributed by atoms with Gasteiger partial charge in [-0.25, -0.2) is 8.42 Å². The molecule has 0 aromatic heterocycles. The fourth-order valence-electron chi connectivity index (χ4n) is 3.03. The molecule has 0 amide bonds. The van der Waals surface area contributed by atoms with Crippen LogP contribution in [0.4, 0.5) is 14.5 Å². The largest absolute Gasteiger partial charge is 0.380 e. The standard InChI is InChI=1S/C19H22F2N2O3S/c20-19(21)27(24,25)18-8-4-3-7-17(18)22-13-15-5-1-2-6-16(15)14-23-9-11-26-12-10-23/h1-8,19,22H,9-14H2. The molecular weight excluding hydrogens is 374 g/mol. The first-order valence-electron chi connectivity index (χ1n) is 8.70. The first kappa shape index (κ1) is 19.7. The predicted molar refractivity (Wildman–Crippen MR) is 99.5 cm³/mol. The molecule has 2 aromatic carbocycles. The van der Waals surface area contributed by atoms with Crippen molar-refractivity contribution in [1.29, 1.82) is 0 Å². The molecule has 1 heterocycles. The fraction of sp³-hybridized carbons (Fsp3) is 0.368. The number of anilines is 1. The molecule has 0 bridgehead atoms. The molecule has 146 valence electrons. The van der Waals surface area contributed by atoms with Crippen LogP contribution < -0.4 is 5.32 Å². The van der Waals surface area contributed by atoms with Gasteiger partial charge in [0.25, 0.3) is 0 Å². The normalized spacial score (nSPS) is 15.8. The molecule has 0 atom stereocenters. The number of hydrogen-bond acceptors (Lipinski definition) is 5. The Balaban J connectivity index is 1.76. The first-order chi connectivity index (χ1) is 13.0. The number of halogens is 2. The Morgan fingerprint density at radius 3 is 2.33 bits per heavy atom. The highest BCUT2D eigenvalue weighted by atomic mass is 32.2. The molecule has 27 heavy (non-hydrogen) atoms. The van der Waals surface area contributed by atoms with Gasteiger partial charge in [-0.3, -0.25) is 4.90 Å². The van der Waals surface area contributed by atoms with E-state index in [0.717, 1.165) is 30.8 Å². The van der Waals surface area contributed by atoms with Crippen LogP contribution in [0.25, 0.3) is 0 Å². The molecule has 1 N–H and O–H groups in total. The van der Waals surface area contributed by atoms with Crippen molar-refractivity contribution in [3.05, 3.63) is 59.7 Å². The Kier molecular flexibility index (Phi) is 6.41. The van der Waals surface area contributed by atoms with E-state index in [2.05, 4.69) is 10.2 Å². The van der Waals surface area contributed by atoms with Crippen LogP contribution in [0.3, 0.4) is 0 Å². The highest BCUT2D eigenvalue weighted by molar-refractivity contribution is 7.91. The van der Waals surface area contributed by atoms with Gasteiger partial charge in [-0.1, -0.05) is 36.4 Å². The van der Waals surface area contributed by atoms with Crippen molar-refractivity contribution in [2.75, 3.05) is 31.6 Å². The van der Waals surface area contributed by atoms with Gasteiger partial charge in [0.05, 0.1) is 23.8 Å². The molecule has 1 aliphatic rings. The Bertz CT molecular complexity index is 869. The highest BCUT2D eigenvalue weighted by Crippen LogP contribution is 2.27. The molecule has 0 aliphatic carbocycles. The number of benzene rings is 2. The molecule has 5 nitrogen and oxygen atoms in total. The van der Waals surface area contributed by atoms with Gasteiger partial charge in [-0.15, -0.1) is 0 Å². The summed E-state index contributed by atoms with van der Waals surface area (Å²) in [6, 6.07) is 13.6. The summed E-state index contributed by atoms with van der Waals surface area (Å²) in [7, 11) is -4.66. The summed E-state index contributed by atoms with van der Waals surface area (Å²) in [4.78, 5) is 1.91. The second kappa shape index (κ2) is 8.77. The van der Waals surface area contributed by atoms with Crippen LogP contribution in [0.2, 0.25) is 0 Å². The van der Waals surface area contributed by atoms with Crippen molar-refractivity contribution < 1.29 is 21.9 Å². The number of rotatable bonds is 7. The first-order valence-corrected chi connectivity index (χ1v) is 10.2. The van der Waals surface area contributed by atoms with E-state index >= 15 is 0 Å². The highest BCUT2D eigenvalue weighted by Gasteiger charge is 2.28. The average Bonchev–Trinajstić information content (AvgIpc) is 2.68. The second-order valence-electron chi connectivity index (χ2n) is 6.31. The summed E-state index contributed by atoms with van der Waals surface area (Å²) in [5.41, 5.74) is 2.29. The smallest absolute Gasteiger partial charge is 0.341 e. The molecule has 0 saturated carbocycles. The monoisotopic (exact) mass is 396 g/mol. The third-order valence-corrected chi connectivity index (χ3v) is 5.95. The lowest BCUT2D eigenvalue weighted by Gasteiger charge is -2.27. The number of nitrogens with zero attached hydrogens (tertiary/aromatic N) is 1. The third kappa shape index (κ3) is 4.82. The number of hydrogen-bond donors (Lipinski definition) is 1. The van der Waals surface area contributed by atoms with Crippen molar-refractivity contribution in [3.63, 3.8) is 0 Å². The van der Waals surface area contributed by atoms with Gasteiger partial charge in [-0.05, 0) is 23.3 Å². The summed E-state index contributed by atoms with van der Waals surface area (Å²) >= 11 is 0. The van der Waals surface area contributed by atoms with Gasteiger partial charge < -0.3 is 10.1 Å². The van der Waals surface area contributed by atoms with Gasteiger partial charge in [0.15, 0.2) is 0 Å². The summed E-state index contributed by atoms with van der Waals surface area (Å²) in [6.45, 7) is 4.24. The van der Waals surface area contributed by atoms with Crippen LogP contribution in [-0.2, 0) is 27.7 Å². The van der Waals surface area contributed by atoms with Gasteiger partial charge in [-0.2, -0.15) is 8.78 Å². The van der Waals surface area contributed by atoms with Crippen molar-refractivity contribution in [2.45, 2.75) is 23.7 Å². The van der Waals surface area contributed by atoms with Gasteiger partial charge in [0, 0.05) is 26.2 Å². The number of para-hydroxylation sites is 1. The van der Waals surface area contributed by atoms with Crippen LogP contribution in [-0.4, -0.2) is 45.4 Å². The fourth-order valence-corrected chi connectivity index (χ4v) is 3.94. The predicted octanol–water partition coefficient (Wildman–Crippen LogP) is 3.13. The quantitative estimate of drug-likeness (QED) is 0.779. The number of sulfone groups is 1. The van der Waals surface area contributed by atoms with E-state index in [9.17, 15) is 17.2 Å². The minimum absolute atomic E-state index is 0.180. The molecule has 0 unspecified atom stereocenters. The second-order valence-corrected chi connectivity index (χ2v) is 8.20. The van der Waals surface area contributed by atoms with E-state index < -0.39 is 15.6 Å². The lowest BCUT2D eigenvalue weighted by molar-refractivity contribution is 0.0341. The molecule has 8 heteroatoms. The Morgan fingerprint density at radius 2 is 1.63 bits per heavy atom. The van der Waals surface area contributed by atoms with E-state index in [1.165, 1.54) is 18.2 Å². The van der Waals surface area contributed by atoms with Crippen molar-refractivity contribution in [3.8, 4) is 0 Å². The maximum atomic E-state index is 12.9. The molecule has 0 radical (unpaired) electrons. The minimum atomic E-state index is -4.66. The van der Waals surface area contributed by atoms with Crippen LogP contribution >= 0.6 is 0 Å². The maximum absolute atomic E-state index is 12.9. The lowest BCUT2D eigenvalue weighted by atomic mass is 10.1. The Labute approximate surface area is 157 Å². The Morgan fingerprint density at radius 1 is 1.00 bits per heavy atom. The lowest BCUT2D eigenvalue weighted by Crippen LogP contribution is -2.35. The zero-order valence-electron chi connectivity index (χ0n) is 14.8. The SMILES string of the molecule is O=S(=O)(c1ccccc1NCc1ccccc1CN1CCOCC1)C(F)F. The third-order valence-electron chi connectivity index (χ3n) is 4.51. The van der Waals surface area contributed by atoms with E-state index in [4.69, 9.17) is 4.74 Å². The van der Waals surface area contributed by atoms with Crippen LogP contribution in [0.1, 0.15) is 11.1 Å². The Hall–Kier alpha value is -2.03. The molecular formula is C19H22F2N2O3S. The topological polar surface area (TPSA) is 58.6 Å². The average molecular weight is 396 g/mol. The van der Waals surface area contributed by atoms with Gasteiger partial charge in [0.1, 0.15) is 0 Å².